The third-order valence-corrected chi connectivity index (χ3v) is 6.20. The maximum atomic E-state index is 11.9. The molecule has 6 heteroatoms. The first-order valence-electron chi connectivity index (χ1n) is 7.02. The summed E-state index contributed by atoms with van der Waals surface area (Å²) in [5, 5.41) is -0.559. The molecule has 0 radical (unpaired) electrons. The van der Waals surface area contributed by atoms with Gasteiger partial charge in [0.2, 0.25) is 0 Å². The van der Waals surface area contributed by atoms with E-state index in [1.165, 1.54) is 0 Å². The molecule has 1 aliphatic rings. The van der Waals surface area contributed by atoms with Gasteiger partial charge in [0, 0.05) is 25.0 Å². The summed E-state index contributed by atoms with van der Waals surface area (Å²) in [5.41, 5.74) is 0. The summed E-state index contributed by atoms with van der Waals surface area (Å²) in [6.45, 7) is 4.82. The van der Waals surface area contributed by atoms with Crippen molar-refractivity contribution < 1.29 is 22.8 Å². The van der Waals surface area contributed by atoms with Crippen LogP contribution in [-0.2, 0) is 24.2 Å². The van der Waals surface area contributed by atoms with Crippen LogP contribution in [0.5, 0.6) is 0 Å². The smallest absolute Gasteiger partial charge is 0.152 e. The van der Waals surface area contributed by atoms with Crippen LogP contribution in [0.4, 0.5) is 0 Å². The van der Waals surface area contributed by atoms with Crippen molar-refractivity contribution in [1.82, 2.24) is 0 Å². The summed E-state index contributed by atoms with van der Waals surface area (Å²) in [7, 11) is -3.16. The molecule has 0 aliphatic heterocycles. The molecule has 0 spiro atoms. The van der Waals surface area contributed by atoms with Gasteiger partial charge in [0.15, 0.2) is 27.2 Å². The Morgan fingerprint density at radius 1 is 1.20 bits per heavy atom. The van der Waals surface area contributed by atoms with E-state index in [1.54, 1.807) is 20.8 Å². The highest BCUT2D eigenvalue weighted by Gasteiger charge is 2.40. The molecule has 0 bridgehead atoms. The zero-order valence-corrected chi connectivity index (χ0v) is 13.0. The van der Waals surface area contributed by atoms with E-state index in [4.69, 9.17) is 0 Å². The van der Waals surface area contributed by atoms with Crippen LogP contribution >= 0.6 is 0 Å². The van der Waals surface area contributed by atoms with Crippen molar-refractivity contribution in [3.8, 4) is 0 Å². The van der Waals surface area contributed by atoms with E-state index in [0.29, 0.717) is 6.42 Å². The standard InChI is InChI=1S/C14H22O5S/c1-4-11(15)14-12(16)7-10(8-13(14)17)6-9(3)20(18,19)5-2/h9-10,14H,4-8H2,1-3H3. The van der Waals surface area contributed by atoms with E-state index in [-0.39, 0.29) is 48.3 Å². The average molecular weight is 302 g/mol. The van der Waals surface area contributed by atoms with Gasteiger partial charge in [-0.15, -0.1) is 0 Å². The molecular weight excluding hydrogens is 280 g/mol. The van der Waals surface area contributed by atoms with Gasteiger partial charge < -0.3 is 0 Å². The Balaban J connectivity index is 2.74. The highest BCUT2D eigenvalue weighted by atomic mass is 32.2. The zero-order chi connectivity index (χ0) is 15.5. The second-order valence-electron chi connectivity index (χ2n) is 5.46. The van der Waals surface area contributed by atoms with Gasteiger partial charge in [0.05, 0.1) is 5.25 Å². The minimum absolute atomic E-state index is 0.0553. The molecule has 0 heterocycles. The predicted octanol–water partition coefficient (Wildman–Crippen LogP) is 1.34. The molecule has 0 aromatic rings. The average Bonchev–Trinajstić information content (AvgIpc) is 2.37. The molecule has 5 nitrogen and oxygen atoms in total. The SMILES string of the molecule is CCC(=O)C1C(=O)CC(CC(C)S(=O)(=O)CC)CC1=O. The molecule has 0 N–H and O–H groups in total. The van der Waals surface area contributed by atoms with Crippen LogP contribution in [0.15, 0.2) is 0 Å². The Morgan fingerprint density at radius 2 is 1.70 bits per heavy atom. The van der Waals surface area contributed by atoms with E-state index in [2.05, 4.69) is 0 Å². The molecule has 1 rings (SSSR count). The summed E-state index contributed by atoms with van der Waals surface area (Å²) in [5.74, 6) is -2.33. The number of sulfone groups is 1. The molecule has 20 heavy (non-hydrogen) atoms. The van der Waals surface area contributed by atoms with Crippen molar-refractivity contribution >= 4 is 27.2 Å². The molecule has 1 atom stereocenters. The van der Waals surface area contributed by atoms with Crippen molar-refractivity contribution in [3.63, 3.8) is 0 Å². The minimum Gasteiger partial charge on any atom is -0.298 e. The van der Waals surface area contributed by atoms with Crippen molar-refractivity contribution in [2.45, 2.75) is 51.7 Å². The Labute approximate surface area is 120 Å². The fraction of sp³-hybridized carbons (Fsp3) is 0.786. The Kier molecular flexibility index (Phi) is 5.62. The topological polar surface area (TPSA) is 85.3 Å². The second-order valence-corrected chi connectivity index (χ2v) is 8.17. The van der Waals surface area contributed by atoms with Crippen LogP contribution in [0.2, 0.25) is 0 Å². The summed E-state index contributed by atoms with van der Waals surface area (Å²) in [6, 6.07) is 0. The normalized spacial score (nSPS) is 25.6. The number of rotatable bonds is 6. The quantitative estimate of drug-likeness (QED) is 0.691. The van der Waals surface area contributed by atoms with Gasteiger partial charge in [-0.2, -0.15) is 0 Å². The van der Waals surface area contributed by atoms with Crippen LogP contribution in [0.1, 0.15) is 46.5 Å². The van der Waals surface area contributed by atoms with Crippen LogP contribution < -0.4 is 0 Å². The van der Waals surface area contributed by atoms with Crippen molar-refractivity contribution in [1.29, 1.82) is 0 Å². The molecule has 0 aromatic carbocycles. The van der Waals surface area contributed by atoms with Gasteiger partial charge >= 0.3 is 0 Å². The number of carbonyl (C=O) groups excluding carboxylic acids is 3. The van der Waals surface area contributed by atoms with E-state index >= 15 is 0 Å². The van der Waals surface area contributed by atoms with Crippen LogP contribution in [-0.4, -0.2) is 36.8 Å². The molecule has 0 saturated heterocycles. The summed E-state index contributed by atoms with van der Waals surface area (Å²) >= 11 is 0. The zero-order valence-electron chi connectivity index (χ0n) is 12.2. The molecule has 114 valence electrons. The number of Topliss-reactive ketones (excluding diaryl/α,β-unsaturated/α-hetero) is 3. The molecule has 0 aromatic heterocycles. The first-order chi connectivity index (χ1) is 9.22. The van der Waals surface area contributed by atoms with Crippen LogP contribution in [0.3, 0.4) is 0 Å². The van der Waals surface area contributed by atoms with Gasteiger partial charge in [-0.3, -0.25) is 14.4 Å². The summed E-state index contributed by atoms with van der Waals surface area (Å²) < 4.78 is 23.5. The molecule has 1 unspecified atom stereocenters. The fourth-order valence-electron chi connectivity index (χ4n) is 2.69. The van der Waals surface area contributed by atoms with Crippen LogP contribution in [0.25, 0.3) is 0 Å². The number of hydrogen-bond acceptors (Lipinski definition) is 5. The second kappa shape index (κ2) is 6.61. The predicted molar refractivity (Wildman–Crippen MR) is 75.1 cm³/mol. The molecular formula is C14H22O5S. The van der Waals surface area contributed by atoms with E-state index < -0.39 is 21.0 Å². The number of carbonyl (C=O) groups is 3. The van der Waals surface area contributed by atoms with E-state index in [1.807, 2.05) is 0 Å². The van der Waals surface area contributed by atoms with Gasteiger partial charge in [-0.1, -0.05) is 13.8 Å². The van der Waals surface area contributed by atoms with Crippen molar-refractivity contribution in [2.24, 2.45) is 11.8 Å². The summed E-state index contributed by atoms with van der Waals surface area (Å²) in [4.78, 5) is 35.4. The lowest BCUT2D eigenvalue weighted by molar-refractivity contribution is -0.143. The Hall–Kier alpha value is -1.04. The van der Waals surface area contributed by atoms with E-state index in [0.717, 1.165) is 0 Å². The monoisotopic (exact) mass is 302 g/mol. The largest absolute Gasteiger partial charge is 0.298 e. The first kappa shape index (κ1) is 17.0. The highest BCUT2D eigenvalue weighted by Crippen LogP contribution is 2.29. The van der Waals surface area contributed by atoms with Crippen LogP contribution in [0, 0.1) is 11.8 Å². The van der Waals surface area contributed by atoms with Crippen molar-refractivity contribution in [2.75, 3.05) is 5.75 Å². The fourth-order valence-corrected chi connectivity index (χ4v) is 3.82. The van der Waals surface area contributed by atoms with E-state index in [9.17, 15) is 22.8 Å². The molecule has 1 aliphatic carbocycles. The lowest BCUT2D eigenvalue weighted by Crippen LogP contribution is -2.39. The van der Waals surface area contributed by atoms with Gasteiger partial charge in [0.1, 0.15) is 5.92 Å². The number of hydrogen-bond donors (Lipinski definition) is 0. The molecule has 0 amide bonds. The lowest BCUT2D eigenvalue weighted by atomic mass is 9.76. The first-order valence-corrected chi connectivity index (χ1v) is 8.74. The molecule has 1 saturated carbocycles. The maximum absolute atomic E-state index is 11.9. The lowest BCUT2D eigenvalue weighted by Gasteiger charge is -2.27. The number of ketones is 3. The van der Waals surface area contributed by atoms with Crippen molar-refractivity contribution in [3.05, 3.63) is 0 Å². The minimum atomic E-state index is -3.16. The third-order valence-electron chi connectivity index (χ3n) is 3.97. The van der Waals surface area contributed by atoms with Gasteiger partial charge in [-0.25, -0.2) is 8.42 Å². The van der Waals surface area contributed by atoms with Gasteiger partial charge in [-0.05, 0) is 19.3 Å². The maximum Gasteiger partial charge on any atom is 0.152 e. The Morgan fingerprint density at radius 3 is 2.10 bits per heavy atom. The third kappa shape index (κ3) is 3.75. The Bertz CT molecular complexity index is 488. The summed E-state index contributed by atoms with van der Waals surface area (Å²) in [6.07, 6.45) is 0.742. The molecule has 1 fully saturated rings. The van der Waals surface area contributed by atoms with Gasteiger partial charge in [0.25, 0.3) is 0 Å². The highest BCUT2D eigenvalue weighted by molar-refractivity contribution is 7.91.